The summed E-state index contributed by atoms with van der Waals surface area (Å²) in [5.74, 6) is -2.56. The van der Waals surface area contributed by atoms with Gasteiger partial charge in [-0.2, -0.15) is 9.59 Å². The molecule has 0 saturated carbocycles. The lowest BCUT2D eigenvalue weighted by molar-refractivity contribution is -0.191. The SMILES string of the molecule is CCCc1ccc(Cl)c(-c2ccc(NC(=O)c3c(F)cccc3F)nc2)c1.O=C=O. The van der Waals surface area contributed by atoms with Crippen LogP contribution >= 0.6 is 11.6 Å². The maximum absolute atomic E-state index is 13.7. The van der Waals surface area contributed by atoms with E-state index >= 15 is 0 Å². The van der Waals surface area contributed by atoms with Gasteiger partial charge in [0, 0.05) is 22.3 Å². The van der Waals surface area contributed by atoms with Crippen molar-refractivity contribution in [3.63, 3.8) is 0 Å². The van der Waals surface area contributed by atoms with Crippen LogP contribution in [0.15, 0.2) is 54.7 Å². The average molecular weight is 431 g/mol. The van der Waals surface area contributed by atoms with Crippen molar-refractivity contribution in [2.45, 2.75) is 19.8 Å². The molecule has 0 aliphatic carbocycles. The molecular weight excluding hydrogens is 414 g/mol. The second-order valence-electron chi connectivity index (χ2n) is 6.13. The van der Waals surface area contributed by atoms with E-state index in [0.717, 1.165) is 36.1 Å². The summed E-state index contributed by atoms with van der Waals surface area (Å²) in [6, 6.07) is 12.4. The number of rotatable bonds is 5. The second kappa shape index (κ2) is 11.0. The van der Waals surface area contributed by atoms with Crippen molar-refractivity contribution in [1.29, 1.82) is 0 Å². The first-order valence-electron chi connectivity index (χ1n) is 8.90. The minimum atomic E-state index is -0.927. The van der Waals surface area contributed by atoms with Gasteiger partial charge in [-0.05, 0) is 48.4 Å². The Kier molecular flexibility index (Phi) is 8.35. The van der Waals surface area contributed by atoms with Crippen molar-refractivity contribution in [3.8, 4) is 11.1 Å². The summed E-state index contributed by atoms with van der Waals surface area (Å²) in [7, 11) is 0. The fraction of sp³-hybridized carbons (Fsp3) is 0.136. The zero-order chi connectivity index (χ0) is 22.1. The molecule has 3 aromatic rings. The van der Waals surface area contributed by atoms with E-state index in [1.807, 2.05) is 18.2 Å². The Bertz CT molecular complexity index is 1050. The van der Waals surface area contributed by atoms with E-state index in [2.05, 4.69) is 17.2 Å². The zero-order valence-corrected chi connectivity index (χ0v) is 16.7. The molecule has 0 atom stereocenters. The molecular formula is C22H17ClF2N2O3. The maximum atomic E-state index is 13.7. The molecule has 0 spiro atoms. The first kappa shape index (κ1) is 22.9. The monoisotopic (exact) mass is 430 g/mol. The average Bonchev–Trinajstić information content (AvgIpc) is 2.71. The summed E-state index contributed by atoms with van der Waals surface area (Å²) >= 11 is 6.29. The lowest BCUT2D eigenvalue weighted by Gasteiger charge is -2.09. The molecule has 0 saturated heterocycles. The van der Waals surface area contributed by atoms with Crippen LogP contribution < -0.4 is 5.32 Å². The number of anilines is 1. The van der Waals surface area contributed by atoms with Crippen molar-refractivity contribution in [2.24, 2.45) is 0 Å². The summed E-state index contributed by atoms with van der Waals surface area (Å²) in [6.07, 6.45) is 3.78. The molecule has 2 aromatic carbocycles. The topological polar surface area (TPSA) is 76.1 Å². The molecule has 154 valence electrons. The Hall–Kier alpha value is -3.41. The van der Waals surface area contributed by atoms with Crippen LogP contribution in [0, 0.1) is 11.6 Å². The summed E-state index contributed by atoms with van der Waals surface area (Å²) < 4.78 is 27.4. The Morgan fingerprint density at radius 3 is 2.33 bits per heavy atom. The molecule has 8 heteroatoms. The fourth-order valence-electron chi connectivity index (χ4n) is 2.76. The van der Waals surface area contributed by atoms with Crippen LogP contribution in [0.5, 0.6) is 0 Å². The molecule has 1 amide bonds. The molecule has 0 aliphatic heterocycles. The number of hydrogen-bond donors (Lipinski definition) is 1. The molecule has 0 unspecified atom stereocenters. The van der Waals surface area contributed by atoms with Crippen molar-refractivity contribution >= 4 is 29.5 Å². The Labute approximate surface area is 176 Å². The van der Waals surface area contributed by atoms with Gasteiger partial charge in [0.15, 0.2) is 0 Å². The summed E-state index contributed by atoms with van der Waals surface area (Å²) in [5, 5.41) is 3.00. The number of carbonyl (C=O) groups is 1. The van der Waals surface area contributed by atoms with Gasteiger partial charge in [-0.3, -0.25) is 4.79 Å². The quantitative estimate of drug-likeness (QED) is 0.595. The Morgan fingerprint density at radius 2 is 1.77 bits per heavy atom. The molecule has 3 rings (SSSR count). The predicted molar refractivity (Wildman–Crippen MR) is 108 cm³/mol. The summed E-state index contributed by atoms with van der Waals surface area (Å²) in [4.78, 5) is 32.5. The summed E-state index contributed by atoms with van der Waals surface area (Å²) in [5.41, 5.74) is 2.16. The number of carbonyl (C=O) groups excluding carboxylic acids is 3. The molecule has 1 N–H and O–H groups in total. The van der Waals surface area contributed by atoms with Gasteiger partial charge in [-0.1, -0.05) is 37.1 Å². The van der Waals surface area contributed by atoms with Crippen LogP contribution in [0.3, 0.4) is 0 Å². The van der Waals surface area contributed by atoms with E-state index in [1.54, 1.807) is 18.3 Å². The number of amides is 1. The molecule has 5 nitrogen and oxygen atoms in total. The molecule has 1 aromatic heterocycles. The van der Waals surface area contributed by atoms with E-state index < -0.39 is 23.1 Å². The molecule has 0 radical (unpaired) electrons. The smallest absolute Gasteiger partial charge is 0.306 e. The minimum absolute atomic E-state index is 0.187. The first-order chi connectivity index (χ1) is 14.4. The molecule has 30 heavy (non-hydrogen) atoms. The number of benzene rings is 2. The normalized spacial score (nSPS) is 9.87. The van der Waals surface area contributed by atoms with E-state index in [4.69, 9.17) is 21.2 Å². The van der Waals surface area contributed by atoms with Crippen LogP contribution in [-0.4, -0.2) is 17.0 Å². The number of nitrogens with zero attached hydrogens (tertiary/aromatic N) is 1. The number of nitrogens with one attached hydrogen (secondary N) is 1. The van der Waals surface area contributed by atoms with Crippen molar-refractivity contribution in [2.75, 3.05) is 5.32 Å². The van der Waals surface area contributed by atoms with Crippen LogP contribution in [0.4, 0.5) is 14.6 Å². The number of halogens is 3. The highest BCUT2D eigenvalue weighted by Crippen LogP contribution is 2.29. The molecule has 1 heterocycles. The van der Waals surface area contributed by atoms with Crippen molar-refractivity contribution < 1.29 is 23.2 Å². The highest BCUT2D eigenvalue weighted by molar-refractivity contribution is 6.33. The zero-order valence-electron chi connectivity index (χ0n) is 15.9. The van der Waals surface area contributed by atoms with Gasteiger partial charge in [0.05, 0.1) is 0 Å². The van der Waals surface area contributed by atoms with Crippen LogP contribution in [0.25, 0.3) is 11.1 Å². The maximum Gasteiger partial charge on any atom is 0.373 e. The van der Waals surface area contributed by atoms with E-state index in [1.165, 1.54) is 11.6 Å². The number of pyridine rings is 1. The van der Waals surface area contributed by atoms with Gasteiger partial charge in [0.25, 0.3) is 5.91 Å². The van der Waals surface area contributed by atoms with Crippen LogP contribution in [0.2, 0.25) is 5.02 Å². The number of aryl methyl sites for hydroxylation is 1. The van der Waals surface area contributed by atoms with Gasteiger partial charge in [0.1, 0.15) is 23.0 Å². The van der Waals surface area contributed by atoms with Gasteiger partial charge >= 0.3 is 6.15 Å². The van der Waals surface area contributed by atoms with Crippen LogP contribution in [0.1, 0.15) is 29.3 Å². The van der Waals surface area contributed by atoms with E-state index in [0.29, 0.717) is 5.02 Å². The molecule has 0 fully saturated rings. The van der Waals surface area contributed by atoms with E-state index in [-0.39, 0.29) is 12.0 Å². The van der Waals surface area contributed by atoms with Gasteiger partial charge < -0.3 is 5.32 Å². The number of hydrogen-bond acceptors (Lipinski definition) is 4. The van der Waals surface area contributed by atoms with Gasteiger partial charge in [-0.25, -0.2) is 13.8 Å². The molecule has 0 bridgehead atoms. The Morgan fingerprint density at radius 1 is 1.10 bits per heavy atom. The fourth-order valence-corrected chi connectivity index (χ4v) is 2.99. The highest BCUT2D eigenvalue weighted by atomic mass is 35.5. The second-order valence-corrected chi connectivity index (χ2v) is 6.54. The third-order valence-electron chi connectivity index (χ3n) is 4.08. The van der Waals surface area contributed by atoms with Crippen molar-refractivity contribution in [3.05, 3.63) is 82.5 Å². The molecule has 0 aliphatic rings. The predicted octanol–water partition coefficient (Wildman–Crippen LogP) is 5.30. The standard InChI is InChI=1S/C21H17ClF2N2O.CO2/c1-2-4-13-7-9-16(22)15(11-13)14-8-10-19(25-12-14)26-21(27)20-17(23)5-3-6-18(20)24;2-1-3/h3,5-12H,2,4H2,1H3,(H,25,26,27);. The number of aromatic nitrogens is 1. The Balaban J connectivity index is 0.00000101. The van der Waals surface area contributed by atoms with Gasteiger partial charge in [0.2, 0.25) is 0 Å². The highest BCUT2D eigenvalue weighted by Gasteiger charge is 2.17. The largest absolute Gasteiger partial charge is 0.373 e. The third kappa shape index (κ3) is 5.80. The first-order valence-corrected chi connectivity index (χ1v) is 9.28. The van der Waals surface area contributed by atoms with E-state index in [9.17, 15) is 13.6 Å². The third-order valence-corrected chi connectivity index (χ3v) is 4.40. The lowest BCUT2D eigenvalue weighted by Crippen LogP contribution is -2.16. The van der Waals surface area contributed by atoms with Gasteiger partial charge in [-0.15, -0.1) is 0 Å². The van der Waals surface area contributed by atoms with Crippen LogP contribution in [-0.2, 0) is 16.0 Å². The minimum Gasteiger partial charge on any atom is -0.306 e. The summed E-state index contributed by atoms with van der Waals surface area (Å²) in [6.45, 7) is 2.10. The van der Waals surface area contributed by atoms with Crippen molar-refractivity contribution in [1.82, 2.24) is 4.98 Å². The lowest BCUT2D eigenvalue weighted by atomic mass is 10.0.